The maximum absolute atomic E-state index is 10.5. The molecule has 0 unspecified atom stereocenters. The van der Waals surface area contributed by atoms with E-state index in [0.29, 0.717) is 11.5 Å². The van der Waals surface area contributed by atoms with Crippen molar-refractivity contribution in [3.05, 3.63) is 59.0 Å². The zero-order valence-electron chi connectivity index (χ0n) is 10.0. The Morgan fingerprint density at radius 1 is 1.28 bits per heavy atom. The first kappa shape index (κ1) is 12.8. The van der Waals surface area contributed by atoms with Crippen molar-refractivity contribution in [3.8, 4) is 0 Å². The second-order valence-electron chi connectivity index (χ2n) is 4.04. The lowest BCUT2D eigenvalue weighted by Gasteiger charge is -2.02. The molecule has 0 spiro atoms. The van der Waals surface area contributed by atoms with Crippen LogP contribution in [0.3, 0.4) is 0 Å². The smallest absolute Gasteiger partial charge is 0.149 e. The molecule has 0 N–H and O–H groups in total. The number of carbonyl (C=O) groups excluding carboxylic acids is 1. The van der Waals surface area contributed by atoms with E-state index in [-0.39, 0.29) is 5.76 Å². The molecule has 0 atom stereocenters. The number of carbonyl (C=O) groups is 1. The van der Waals surface area contributed by atoms with E-state index >= 15 is 0 Å². The molecule has 0 radical (unpaired) electrons. The average molecular weight is 261 g/mol. The van der Waals surface area contributed by atoms with Crippen LogP contribution in [0.25, 0.3) is 0 Å². The monoisotopic (exact) mass is 261 g/mol. The van der Waals surface area contributed by atoms with E-state index in [1.807, 2.05) is 6.07 Å². The van der Waals surface area contributed by atoms with Gasteiger partial charge in [0.15, 0.2) is 0 Å². The maximum atomic E-state index is 10.5. The van der Waals surface area contributed by atoms with Crippen molar-refractivity contribution >= 4 is 17.7 Å². The van der Waals surface area contributed by atoms with Crippen molar-refractivity contribution in [2.45, 2.75) is 18.4 Å². The summed E-state index contributed by atoms with van der Waals surface area (Å²) in [5, 5.41) is 10.5. The van der Waals surface area contributed by atoms with E-state index < -0.39 is 5.97 Å². The molecule has 1 aromatic carbocycles. The van der Waals surface area contributed by atoms with E-state index in [1.54, 1.807) is 17.8 Å². The fourth-order valence-corrected chi connectivity index (χ4v) is 2.51. The first-order chi connectivity index (χ1) is 8.65. The summed E-state index contributed by atoms with van der Waals surface area (Å²) in [5.41, 5.74) is 2.50. The fourth-order valence-electron chi connectivity index (χ4n) is 1.64. The van der Waals surface area contributed by atoms with Gasteiger partial charge >= 0.3 is 0 Å². The predicted octanol–water partition coefficient (Wildman–Crippen LogP) is 2.38. The molecule has 0 amide bonds. The molecule has 2 aromatic rings. The van der Waals surface area contributed by atoms with Crippen molar-refractivity contribution < 1.29 is 14.3 Å². The van der Waals surface area contributed by atoms with Crippen LogP contribution in [-0.4, -0.2) is 5.97 Å². The Balaban J connectivity index is 1.86. The van der Waals surface area contributed by atoms with Gasteiger partial charge in [0.2, 0.25) is 0 Å². The first-order valence-corrected chi connectivity index (χ1v) is 6.74. The van der Waals surface area contributed by atoms with Gasteiger partial charge in [-0.1, -0.05) is 29.8 Å². The van der Waals surface area contributed by atoms with Crippen LogP contribution < -0.4 is 5.11 Å². The highest BCUT2D eigenvalue weighted by Crippen LogP contribution is 2.19. The van der Waals surface area contributed by atoms with Crippen LogP contribution in [0.15, 0.2) is 40.8 Å². The number of thioether (sulfide) groups is 1. The number of rotatable bonds is 5. The van der Waals surface area contributed by atoms with Crippen molar-refractivity contribution in [2.24, 2.45) is 0 Å². The van der Waals surface area contributed by atoms with Gasteiger partial charge in [-0.3, -0.25) is 0 Å². The lowest BCUT2D eigenvalue weighted by molar-refractivity contribution is -0.257. The summed E-state index contributed by atoms with van der Waals surface area (Å²) in [7, 11) is 0. The fraction of sp³-hybridized carbons (Fsp3) is 0.214. The molecule has 0 fully saturated rings. The minimum atomic E-state index is -1.27. The van der Waals surface area contributed by atoms with Gasteiger partial charge in [0.05, 0.1) is 5.75 Å². The van der Waals surface area contributed by atoms with E-state index in [1.165, 1.54) is 17.2 Å². The molecule has 18 heavy (non-hydrogen) atoms. The number of furan rings is 1. The van der Waals surface area contributed by atoms with E-state index in [2.05, 4.69) is 25.1 Å². The van der Waals surface area contributed by atoms with Gasteiger partial charge in [0, 0.05) is 5.75 Å². The highest BCUT2D eigenvalue weighted by molar-refractivity contribution is 7.97. The number of carboxylic acid groups (broad SMARTS) is 1. The van der Waals surface area contributed by atoms with Gasteiger partial charge in [0.1, 0.15) is 17.5 Å². The molecule has 1 aromatic heterocycles. The van der Waals surface area contributed by atoms with Gasteiger partial charge < -0.3 is 14.3 Å². The molecule has 0 aliphatic heterocycles. The molecule has 0 bridgehead atoms. The summed E-state index contributed by atoms with van der Waals surface area (Å²) in [4.78, 5) is 10.5. The lowest BCUT2D eigenvalue weighted by atomic mass is 10.2. The molecule has 1 heterocycles. The summed E-state index contributed by atoms with van der Waals surface area (Å²) >= 11 is 1.69. The Labute approximate surface area is 110 Å². The number of aromatic carboxylic acids is 1. The lowest BCUT2D eigenvalue weighted by Crippen LogP contribution is -2.21. The topological polar surface area (TPSA) is 53.3 Å². The summed E-state index contributed by atoms with van der Waals surface area (Å²) < 4.78 is 5.12. The highest BCUT2D eigenvalue weighted by Gasteiger charge is 2.03. The molecular formula is C14H13O3S-. The molecule has 2 rings (SSSR count). The highest BCUT2D eigenvalue weighted by atomic mass is 32.2. The third-order valence-electron chi connectivity index (χ3n) is 2.46. The molecular weight excluding hydrogens is 248 g/mol. The number of hydrogen-bond acceptors (Lipinski definition) is 4. The Morgan fingerprint density at radius 3 is 2.78 bits per heavy atom. The Morgan fingerprint density at radius 2 is 2.11 bits per heavy atom. The summed E-state index contributed by atoms with van der Waals surface area (Å²) in [6.07, 6.45) is 0. The third kappa shape index (κ3) is 3.40. The van der Waals surface area contributed by atoms with Gasteiger partial charge in [-0.2, -0.15) is 0 Å². The van der Waals surface area contributed by atoms with Crippen molar-refractivity contribution in [2.75, 3.05) is 0 Å². The average Bonchev–Trinajstić information content (AvgIpc) is 2.78. The zero-order chi connectivity index (χ0) is 13.0. The third-order valence-corrected chi connectivity index (χ3v) is 3.48. The van der Waals surface area contributed by atoms with E-state index in [9.17, 15) is 9.90 Å². The van der Waals surface area contributed by atoms with Crippen LogP contribution in [0.2, 0.25) is 0 Å². The quantitative estimate of drug-likeness (QED) is 0.829. The standard InChI is InChI=1S/C14H14O3S/c1-10-3-2-4-11(7-10)8-18-9-12-5-6-13(17-12)14(15)16/h2-7H,8-9H2,1H3,(H,15,16)/p-1. The van der Waals surface area contributed by atoms with Crippen LogP contribution >= 0.6 is 11.8 Å². The SMILES string of the molecule is Cc1cccc(CSCc2ccc(C(=O)[O-])o2)c1. The number of benzene rings is 1. The van der Waals surface area contributed by atoms with Crippen molar-refractivity contribution in [1.82, 2.24) is 0 Å². The predicted molar refractivity (Wildman–Crippen MR) is 69.2 cm³/mol. The van der Waals surface area contributed by atoms with E-state index in [0.717, 1.165) is 5.75 Å². The molecule has 94 valence electrons. The number of carboxylic acids is 1. The van der Waals surface area contributed by atoms with E-state index in [4.69, 9.17) is 4.42 Å². The summed E-state index contributed by atoms with van der Waals surface area (Å²) in [6.45, 7) is 2.06. The van der Waals surface area contributed by atoms with Crippen molar-refractivity contribution in [3.63, 3.8) is 0 Å². The second kappa shape index (κ2) is 5.78. The Bertz CT molecular complexity index is 545. The largest absolute Gasteiger partial charge is 0.542 e. The van der Waals surface area contributed by atoms with Gasteiger partial charge in [-0.05, 0) is 24.6 Å². The van der Waals surface area contributed by atoms with Crippen LogP contribution in [0, 0.1) is 6.92 Å². The number of hydrogen-bond donors (Lipinski definition) is 0. The first-order valence-electron chi connectivity index (χ1n) is 5.58. The number of aryl methyl sites for hydroxylation is 1. The van der Waals surface area contributed by atoms with Gasteiger partial charge in [-0.25, -0.2) is 0 Å². The molecule has 0 saturated heterocycles. The second-order valence-corrected chi connectivity index (χ2v) is 5.02. The van der Waals surface area contributed by atoms with Gasteiger partial charge in [-0.15, -0.1) is 11.8 Å². The minimum Gasteiger partial charge on any atom is -0.542 e. The van der Waals surface area contributed by atoms with Crippen LogP contribution in [-0.2, 0) is 11.5 Å². The normalized spacial score (nSPS) is 10.5. The summed E-state index contributed by atoms with van der Waals surface area (Å²) in [6, 6.07) is 11.4. The van der Waals surface area contributed by atoms with Crippen LogP contribution in [0.5, 0.6) is 0 Å². The van der Waals surface area contributed by atoms with Crippen molar-refractivity contribution in [1.29, 1.82) is 0 Å². The molecule has 0 aliphatic rings. The van der Waals surface area contributed by atoms with Crippen LogP contribution in [0.4, 0.5) is 0 Å². The molecule has 4 heteroatoms. The molecule has 0 aliphatic carbocycles. The van der Waals surface area contributed by atoms with Crippen LogP contribution in [0.1, 0.15) is 27.4 Å². The molecule has 0 saturated carbocycles. The maximum Gasteiger partial charge on any atom is 0.149 e. The molecule has 3 nitrogen and oxygen atoms in total. The Kier molecular flexibility index (Phi) is 4.10. The summed E-state index contributed by atoms with van der Waals surface area (Å²) in [5.74, 6) is 0.808. The Hall–Kier alpha value is -1.68. The zero-order valence-corrected chi connectivity index (χ0v) is 10.8. The van der Waals surface area contributed by atoms with Gasteiger partial charge in [0.25, 0.3) is 0 Å². The minimum absolute atomic E-state index is 0.110.